The predicted molar refractivity (Wildman–Crippen MR) is 107 cm³/mol. The van der Waals surface area contributed by atoms with Gasteiger partial charge in [-0.2, -0.15) is 0 Å². The molecule has 0 atom stereocenters. The van der Waals surface area contributed by atoms with Gasteiger partial charge in [-0.1, -0.05) is 54.6 Å². The van der Waals surface area contributed by atoms with Crippen molar-refractivity contribution in [3.8, 4) is 5.75 Å². The molecule has 0 aromatic heterocycles. The molecular weight excluding hydrogens is 322 g/mol. The fourth-order valence-electron chi connectivity index (χ4n) is 3.65. The monoisotopic (exact) mass is 347 g/mol. The van der Waals surface area contributed by atoms with Crippen LogP contribution in [0.15, 0.2) is 66.7 Å². The van der Waals surface area contributed by atoms with Crippen LogP contribution < -0.4 is 9.64 Å². The van der Waals surface area contributed by atoms with E-state index in [4.69, 9.17) is 9.47 Å². The summed E-state index contributed by atoms with van der Waals surface area (Å²) in [4.78, 5) is 2.43. The molecule has 1 heterocycles. The summed E-state index contributed by atoms with van der Waals surface area (Å²) >= 11 is 0. The lowest BCUT2D eigenvalue weighted by Crippen LogP contribution is -2.32. The van der Waals surface area contributed by atoms with Crippen LogP contribution in [0.1, 0.15) is 12.0 Å². The third-order valence-electron chi connectivity index (χ3n) is 4.95. The maximum atomic E-state index is 5.93. The fraction of sp³-hybridized carbons (Fsp3) is 0.304. The molecule has 3 heteroatoms. The lowest BCUT2D eigenvalue weighted by atomic mass is 10.0. The Bertz CT molecular complexity index is 856. The Labute approximate surface area is 155 Å². The summed E-state index contributed by atoms with van der Waals surface area (Å²) in [6, 6.07) is 23.2. The molecule has 0 bridgehead atoms. The van der Waals surface area contributed by atoms with Crippen LogP contribution in [-0.2, 0) is 11.2 Å². The highest BCUT2D eigenvalue weighted by atomic mass is 16.5. The van der Waals surface area contributed by atoms with E-state index >= 15 is 0 Å². The molecule has 26 heavy (non-hydrogen) atoms. The van der Waals surface area contributed by atoms with Crippen molar-refractivity contribution in [2.24, 2.45) is 0 Å². The van der Waals surface area contributed by atoms with Gasteiger partial charge >= 0.3 is 0 Å². The zero-order chi connectivity index (χ0) is 17.6. The molecule has 1 aliphatic rings. The van der Waals surface area contributed by atoms with E-state index in [9.17, 15) is 0 Å². The van der Waals surface area contributed by atoms with E-state index in [1.54, 1.807) is 0 Å². The molecular formula is C23H25NO2. The second-order valence-corrected chi connectivity index (χ2v) is 6.66. The van der Waals surface area contributed by atoms with Gasteiger partial charge < -0.3 is 14.4 Å². The number of hydrogen-bond donors (Lipinski definition) is 0. The molecule has 3 aromatic rings. The van der Waals surface area contributed by atoms with Crippen molar-refractivity contribution >= 4 is 16.5 Å². The topological polar surface area (TPSA) is 21.7 Å². The van der Waals surface area contributed by atoms with Gasteiger partial charge in [-0.05, 0) is 35.9 Å². The third kappa shape index (κ3) is 3.83. The highest BCUT2D eigenvalue weighted by molar-refractivity contribution is 5.88. The van der Waals surface area contributed by atoms with E-state index in [0.29, 0.717) is 13.2 Å². The van der Waals surface area contributed by atoms with Gasteiger partial charge in [0.25, 0.3) is 0 Å². The largest absolute Gasteiger partial charge is 0.491 e. The second kappa shape index (κ2) is 8.24. The number of hydrogen-bond acceptors (Lipinski definition) is 3. The first-order chi connectivity index (χ1) is 12.9. The summed E-state index contributed by atoms with van der Waals surface area (Å²) in [5.74, 6) is 0.927. The van der Waals surface area contributed by atoms with E-state index in [0.717, 1.165) is 30.8 Å². The van der Waals surface area contributed by atoms with Crippen LogP contribution in [-0.4, -0.2) is 32.9 Å². The maximum Gasteiger partial charge on any atom is 0.127 e. The van der Waals surface area contributed by atoms with Crippen LogP contribution in [0.4, 0.5) is 5.69 Å². The number of benzene rings is 3. The molecule has 0 fully saturated rings. The molecule has 0 saturated heterocycles. The first kappa shape index (κ1) is 16.9. The Kier molecular flexibility index (Phi) is 5.36. The van der Waals surface area contributed by atoms with E-state index in [2.05, 4.69) is 47.4 Å². The Hall–Kier alpha value is -2.52. The average molecular weight is 347 g/mol. The molecule has 0 spiro atoms. The summed E-state index contributed by atoms with van der Waals surface area (Å²) in [5.41, 5.74) is 2.83. The molecule has 0 N–H and O–H groups in total. The van der Waals surface area contributed by atoms with Crippen molar-refractivity contribution in [3.63, 3.8) is 0 Å². The van der Waals surface area contributed by atoms with E-state index in [-0.39, 0.29) is 0 Å². The molecule has 134 valence electrons. The summed E-state index contributed by atoms with van der Waals surface area (Å²) in [6.07, 6.45) is 2.41. The summed E-state index contributed by atoms with van der Waals surface area (Å²) in [7, 11) is 0. The average Bonchev–Trinajstić information content (AvgIpc) is 2.71. The maximum absolute atomic E-state index is 5.93. The fourth-order valence-corrected chi connectivity index (χ4v) is 3.65. The highest BCUT2D eigenvalue weighted by Crippen LogP contribution is 2.26. The number of para-hydroxylation sites is 1. The van der Waals surface area contributed by atoms with Crippen molar-refractivity contribution < 1.29 is 9.47 Å². The number of rotatable bonds is 7. The van der Waals surface area contributed by atoms with Crippen molar-refractivity contribution in [2.75, 3.05) is 37.8 Å². The lowest BCUT2D eigenvalue weighted by molar-refractivity contribution is 0.105. The second-order valence-electron chi connectivity index (χ2n) is 6.66. The van der Waals surface area contributed by atoms with Gasteiger partial charge in [-0.25, -0.2) is 0 Å². The van der Waals surface area contributed by atoms with Gasteiger partial charge in [0.15, 0.2) is 0 Å². The normalized spacial score (nSPS) is 13.6. The Morgan fingerprint density at radius 1 is 0.808 bits per heavy atom. The first-order valence-electron chi connectivity index (χ1n) is 9.43. The van der Waals surface area contributed by atoms with Crippen LogP contribution in [0.25, 0.3) is 10.8 Å². The van der Waals surface area contributed by atoms with Crippen LogP contribution in [0, 0.1) is 0 Å². The van der Waals surface area contributed by atoms with E-state index < -0.39 is 0 Å². The summed E-state index contributed by atoms with van der Waals surface area (Å²) < 4.78 is 11.7. The molecule has 0 amide bonds. The predicted octanol–water partition coefficient (Wildman–Crippen LogP) is 4.69. The van der Waals surface area contributed by atoms with Gasteiger partial charge in [0.1, 0.15) is 12.4 Å². The van der Waals surface area contributed by atoms with Gasteiger partial charge in [0.05, 0.1) is 13.2 Å². The molecule has 3 nitrogen and oxygen atoms in total. The number of ether oxygens (including phenoxy) is 2. The molecule has 4 rings (SSSR count). The van der Waals surface area contributed by atoms with Crippen LogP contribution in [0.2, 0.25) is 0 Å². The van der Waals surface area contributed by atoms with Crippen molar-refractivity contribution in [1.82, 2.24) is 0 Å². The van der Waals surface area contributed by atoms with Crippen LogP contribution in [0.5, 0.6) is 5.75 Å². The smallest absolute Gasteiger partial charge is 0.127 e. The lowest BCUT2D eigenvalue weighted by Gasteiger charge is -2.31. The van der Waals surface area contributed by atoms with Gasteiger partial charge in [-0.15, -0.1) is 0 Å². The minimum absolute atomic E-state index is 0.574. The molecule has 0 radical (unpaired) electrons. The Balaban J connectivity index is 1.23. The molecule has 3 aromatic carbocycles. The van der Waals surface area contributed by atoms with Crippen LogP contribution >= 0.6 is 0 Å². The van der Waals surface area contributed by atoms with Gasteiger partial charge in [0, 0.05) is 24.2 Å². The quantitative estimate of drug-likeness (QED) is 0.579. The van der Waals surface area contributed by atoms with Crippen molar-refractivity contribution in [3.05, 3.63) is 72.3 Å². The highest BCUT2D eigenvalue weighted by Gasteiger charge is 2.15. The summed E-state index contributed by atoms with van der Waals surface area (Å²) in [5, 5.41) is 2.36. The Morgan fingerprint density at radius 3 is 2.65 bits per heavy atom. The Morgan fingerprint density at radius 2 is 1.65 bits per heavy atom. The van der Waals surface area contributed by atoms with Crippen molar-refractivity contribution in [1.29, 1.82) is 0 Å². The van der Waals surface area contributed by atoms with E-state index in [1.165, 1.54) is 29.5 Å². The van der Waals surface area contributed by atoms with Crippen molar-refractivity contribution in [2.45, 2.75) is 12.8 Å². The third-order valence-corrected chi connectivity index (χ3v) is 4.95. The number of nitrogens with zero attached hydrogens (tertiary/aromatic N) is 1. The van der Waals surface area contributed by atoms with Gasteiger partial charge in [0.2, 0.25) is 0 Å². The summed E-state index contributed by atoms with van der Waals surface area (Å²) in [6.45, 7) is 3.97. The molecule has 0 unspecified atom stereocenters. The minimum Gasteiger partial charge on any atom is -0.491 e. The zero-order valence-electron chi connectivity index (χ0n) is 15.1. The number of fused-ring (bicyclic) bond motifs is 2. The zero-order valence-corrected chi connectivity index (χ0v) is 15.1. The van der Waals surface area contributed by atoms with E-state index in [1.807, 2.05) is 24.3 Å². The number of anilines is 1. The molecule has 0 saturated carbocycles. The minimum atomic E-state index is 0.574. The van der Waals surface area contributed by atoms with Crippen LogP contribution in [0.3, 0.4) is 0 Å². The van der Waals surface area contributed by atoms with Gasteiger partial charge in [-0.3, -0.25) is 0 Å². The first-order valence-corrected chi connectivity index (χ1v) is 9.43. The molecule has 0 aliphatic carbocycles. The molecule has 1 aliphatic heterocycles. The SMILES string of the molecule is c1ccc2c(c1)CCCN2CCOCCOc1cccc2ccccc12. The standard InChI is InChI=1S/C23H25NO2/c1-3-11-21-19(7-1)9-5-13-23(21)26-18-17-25-16-15-24-14-6-10-20-8-2-4-12-22(20)24/h1-5,7-9,11-13H,6,10,14-18H2. The number of aryl methyl sites for hydroxylation is 1.